The van der Waals surface area contributed by atoms with E-state index in [1.54, 1.807) is 12.1 Å². The zero-order chi connectivity index (χ0) is 16.6. The van der Waals surface area contributed by atoms with E-state index in [1.165, 1.54) is 0 Å². The van der Waals surface area contributed by atoms with E-state index < -0.39 is 5.60 Å². The minimum atomic E-state index is -0.493. The lowest BCUT2D eigenvalue weighted by Crippen LogP contribution is -2.23. The molecule has 0 N–H and O–H groups in total. The fraction of sp³-hybridized carbons (Fsp3) is 0.263. The van der Waals surface area contributed by atoms with Crippen molar-refractivity contribution in [2.24, 2.45) is 0 Å². The molecule has 3 rings (SSSR count). The van der Waals surface area contributed by atoms with Crippen molar-refractivity contribution in [3.63, 3.8) is 0 Å². The second-order valence-corrected chi connectivity index (χ2v) is 6.53. The number of nitrogens with zero attached hydrogens (tertiary/aromatic N) is 2. The molecule has 0 radical (unpaired) electrons. The van der Waals surface area contributed by atoms with Crippen LogP contribution in [0.4, 0.5) is 0 Å². The van der Waals surface area contributed by atoms with E-state index >= 15 is 0 Å². The Morgan fingerprint density at radius 2 is 1.70 bits per heavy atom. The van der Waals surface area contributed by atoms with Crippen molar-refractivity contribution >= 4 is 17.0 Å². The Kier molecular flexibility index (Phi) is 3.68. The summed E-state index contributed by atoms with van der Waals surface area (Å²) in [6, 6.07) is 15.4. The van der Waals surface area contributed by atoms with Gasteiger partial charge in [-0.05, 0) is 64.1 Å². The molecule has 0 aliphatic heterocycles. The number of rotatable bonds is 2. The van der Waals surface area contributed by atoms with Crippen LogP contribution in [0.2, 0.25) is 0 Å². The fourth-order valence-corrected chi connectivity index (χ4v) is 2.56. The summed E-state index contributed by atoms with van der Waals surface area (Å²) in [6.45, 7) is 7.56. The first-order valence-corrected chi connectivity index (χ1v) is 7.63. The Morgan fingerprint density at radius 3 is 2.35 bits per heavy atom. The van der Waals surface area contributed by atoms with Crippen LogP contribution >= 0.6 is 0 Å². The van der Waals surface area contributed by atoms with Crippen LogP contribution in [0.1, 0.15) is 37.0 Å². The lowest BCUT2D eigenvalue weighted by molar-refractivity contribution is 0.00696. The summed E-state index contributed by atoms with van der Waals surface area (Å²) in [5, 5.41) is 0. The summed E-state index contributed by atoms with van der Waals surface area (Å²) in [5.41, 5.74) is 3.04. The number of imidazole rings is 1. The summed E-state index contributed by atoms with van der Waals surface area (Å²) in [7, 11) is 0. The van der Waals surface area contributed by atoms with Crippen molar-refractivity contribution in [1.29, 1.82) is 0 Å². The van der Waals surface area contributed by atoms with Gasteiger partial charge in [0.05, 0.1) is 16.6 Å². The van der Waals surface area contributed by atoms with E-state index in [1.807, 2.05) is 64.1 Å². The number of hydrogen-bond donors (Lipinski definition) is 0. The highest BCUT2D eigenvalue weighted by atomic mass is 16.6. The number of hydrogen-bond acceptors (Lipinski definition) is 3. The largest absolute Gasteiger partial charge is 0.456 e. The van der Waals surface area contributed by atoms with E-state index in [0.29, 0.717) is 5.56 Å². The molecule has 0 saturated heterocycles. The first-order valence-electron chi connectivity index (χ1n) is 7.63. The molecule has 0 amide bonds. The fourth-order valence-electron chi connectivity index (χ4n) is 2.56. The van der Waals surface area contributed by atoms with Crippen molar-refractivity contribution in [1.82, 2.24) is 9.55 Å². The number of esters is 1. The highest BCUT2D eigenvalue weighted by Crippen LogP contribution is 2.22. The van der Waals surface area contributed by atoms with Crippen LogP contribution in [-0.4, -0.2) is 21.1 Å². The molecule has 0 atom stereocenters. The number of aryl methyl sites for hydroxylation is 1. The Hall–Kier alpha value is -2.62. The summed E-state index contributed by atoms with van der Waals surface area (Å²) in [6.07, 6.45) is 0. The monoisotopic (exact) mass is 308 g/mol. The number of benzene rings is 2. The SMILES string of the molecule is Cc1nc2ccccc2n1-c1ccc(C(=O)OC(C)(C)C)cc1. The van der Waals surface area contributed by atoms with E-state index in [-0.39, 0.29) is 5.97 Å². The van der Waals surface area contributed by atoms with Crippen LogP contribution in [0.5, 0.6) is 0 Å². The average Bonchev–Trinajstić information content (AvgIpc) is 2.81. The Labute approximate surface area is 135 Å². The number of carbonyl (C=O) groups is 1. The molecule has 1 aromatic heterocycles. The lowest BCUT2D eigenvalue weighted by Gasteiger charge is -2.19. The van der Waals surface area contributed by atoms with Crippen LogP contribution in [-0.2, 0) is 4.74 Å². The highest BCUT2D eigenvalue weighted by molar-refractivity contribution is 5.90. The maximum Gasteiger partial charge on any atom is 0.338 e. The first-order chi connectivity index (χ1) is 10.8. The molecule has 4 nitrogen and oxygen atoms in total. The third-order valence-corrected chi connectivity index (χ3v) is 3.49. The second-order valence-electron chi connectivity index (χ2n) is 6.53. The summed E-state index contributed by atoms with van der Waals surface area (Å²) >= 11 is 0. The van der Waals surface area contributed by atoms with Crippen LogP contribution in [0.25, 0.3) is 16.7 Å². The predicted molar refractivity (Wildman–Crippen MR) is 91.0 cm³/mol. The number of carbonyl (C=O) groups excluding carboxylic acids is 1. The van der Waals surface area contributed by atoms with Gasteiger partial charge in [0.1, 0.15) is 11.4 Å². The molecule has 0 saturated carbocycles. The lowest BCUT2D eigenvalue weighted by atomic mass is 10.1. The van der Waals surface area contributed by atoms with E-state index in [0.717, 1.165) is 22.5 Å². The normalized spacial score (nSPS) is 11.7. The molecule has 118 valence electrons. The van der Waals surface area contributed by atoms with Gasteiger partial charge in [-0.2, -0.15) is 0 Å². The van der Waals surface area contributed by atoms with E-state index in [2.05, 4.69) is 9.55 Å². The molecule has 2 aromatic carbocycles. The number of aromatic nitrogens is 2. The molecule has 3 aromatic rings. The molecule has 1 heterocycles. The van der Waals surface area contributed by atoms with Gasteiger partial charge in [0.15, 0.2) is 0 Å². The molecular weight excluding hydrogens is 288 g/mol. The van der Waals surface area contributed by atoms with Crippen LogP contribution in [0.15, 0.2) is 48.5 Å². The topological polar surface area (TPSA) is 44.1 Å². The Morgan fingerprint density at radius 1 is 1.04 bits per heavy atom. The van der Waals surface area contributed by atoms with Gasteiger partial charge < -0.3 is 4.74 Å². The summed E-state index contributed by atoms with van der Waals surface area (Å²) in [4.78, 5) is 16.7. The average molecular weight is 308 g/mol. The maximum atomic E-state index is 12.1. The third-order valence-electron chi connectivity index (χ3n) is 3.49. The van der Waals surface area contributed by atoms with Crippen molar-refractivity contribution in [3.05, 3.63) is 59.9 Å². The smallest absolute Gasteiger partial charge is 0.338 e. The third kappa shape index (κ3) is 3.11. The van der Waals surface area contributed by atoms with Gasteiger partial charge in [0, 0.05) is 5.69 Å². The van der Waals surface area contributed by atoms with Gasteiger partial charge >= 0.3 is 5.97 Å². The molecule has 0 spiro atoms. The van der Waals surface area contributed by atoms with Crippen molar-refractivity contribution in [3.8, 4) is 5.69 Å². The minimum Gasteiger partial charge on any atom is -0.456 e. The Balaban J connectivity index is 1.96. The molecule has 0 aliphatic rings. The van der Waals surface area contributed by atoms with Gasteiger partial charge in [0.25, 0.3) is 0 Å². The Bertz CT molecular complexity index is 855. The van der Waals surface area contributed by atoms with Crippen molar-refractivity contribution < 1.29 is 9.53 Å². The number of para-hydroxylation sites is 2. The molecule has 23 heavy (non-hydrogen) atoms. The molecule has 0 unspecified atom stereocenters. The zero-order valence-corrected chi connectivity index (χ0v) is 13.8. The van der Waals surface area contributed by atoms with Gasteiger partial charge in [-0.1, -0.05) is 12.1 Å². The second kappa shape index (κ2) is 5.54. The van der Waals surface area contributed by atoms with Gasteiger partial charge in [0.2, 0.25) is 0 Å². The van der Waals surface area contributed by atoms with Gasteiger partial charge in [-0.15, -0.1) is 0 Å². The summed E-state index contributed by atoms with van der Waals surface area (Å²) in [5.74, 6) is 0.604. The van der Waals surface area contributed by atoms with Crippen molar-refractivity contribution in [2.45, 2.75) is 33.3 Å². The van der Waals surface area contributed by atoms with Gasteiger partial charge in [-0.3, -0.25) is 4.57 Å². The van der Waals surface area contributed by atoms with Crippen LogP contribution in [0, 0.1) is 6.92 Å². The zero-order valence-electron chi connectivity index (χ0n) is 13.8. The molecule has 0 bridgehead atoms. The van der Waals surface area contributed by atoms with E-state index in [9.17, 15) is 4.79 Å². The quantitative estimate of drug-likeness (QED) is 0.663. The highest BCUT2D eigenvalue weighted by Gasteiger charge is 2.18. The van der Waals surface area contributed by atoms with Gasteiger partial charge in [-0.25, -0.2) is 9.78 Å². The minimum absolute atomic E-state index is 0.309. The number of ether oxygens (including phenoxy) is 1. The summed E-state index contributed by atoms with van der Waals surface area (Å²) < 4.78 is 7.47. The molecular formula is C19H20N2O2. The van der Waals surface area contributed by atoms with Crippen LogP contribution in [0.3, 0.4) is 0 Å². The maximum absolute atomic E-state index is 12.1. The van der Waals surface area contributed by atoms with E-state index in [4.69, 9.17) is 4.74 Å². The van der Waals surface area contributed by atoms with Crippen molar-refractivity contribution in [2.75, 3.05) is 0 Å². The standard InChI is InChI=1S/C19H20N2O2/c1-13-20-16-7-5-6-8-17(16)21(13)15-11-9-14(10-12-15)18(22)23-19(2,3)4/h5-12H,1-4H3. The van der Waals surface area contributed by atoms with Crippen LogP contribution < -0.4 is 0 Å². The molecule has 4 heteroatoms. The predicted octanol–water partition coefficient (Wildman–Crippen LogP) is 4.29. The first kappa shape index (κ1) is 15.3. The number of fused-ring (bicyclic) bond motifs is 1. The molecule has 0 aliphatic carbocycles. The molecule has 0 fully saturated rings.